The van der Waals surface area contributed by atoms with Crippen molar-refractivity contribution in [2.45, 2.75) is 20.5 Å². The predicted molar refractivity (Wildman–Crippen MR) is 97.5 cm³/mol. The number of nitro groups is 1. The first-order valence-corrected chi connectivity index (χ1v) is 8.83. The third-order valence-corrected chi connectivity index (χ3v) is 4.61. The van der Waals surface area contributed by atoms with E-state index in [9.17, 15) is 19.7 Å². The van der Waals surface area contributed by atoms with Gasteiger partial charge in [-0.25, -0.2) is 9.78 Å². The molecule has 0 unspecified atom stereocenters. The first-order chi connectivity index (χ1) is 12.9. The Morgan fingerprint density at radius 2 is 2.15 bits per heavy atom. The van der Waals surface area contributed by atoms with Crippen molar-refractivity contribution in [2.75, 3.05) is 6.61 Å². The molecular formula is C17H15N3O6S. The van der Waals surface area contributed by atoms with Crippen LogP contribution in [0.5, 0.6) is 5.75 Å². The van der Waals surface area contributed by atoms with Gasteiger partial charge in [-0.05, 0) is 26.0 Å². The topological polar surface area (TPSA) is 113 Å². The number of rotatable bonds is 6. The Morgan fingerprint density at radius 3 is 2.85 bits per heavy atom. The summed E-state index contributed by atoms with van der Waals surface area (Å²) in [6.45, 7) is 3.54. The summed E-state index contributed by atoms with van der Waals surface area (Å²) in [6.07, 6.45) is 0. The number of esters is 1. The molecule has 0 bridgehead atoms. The van der Waals surface area contributed by atoms with Gasteiger partial charge in [0.15, 0.2) is 10.7 Å². The quantitative estimate of drug-likeness (QED) is 0.362. The van der Waals surface area contributed by atoms with E-state index in [0.717, 1.165) is 11.8 Å². The number of carbonyl (C=O) groups excluding carboxylic acids is 1. The SMILES string of the molecule is CCOc1ccc(C(=O)OCc2cc(=O)n3c(C)csc3n2)cc1[N+](=O)[O-]. The molecule has 0 saturated heterocycles. The van der Waals surface area contributed by atoms with Crippen LogP contribution in [0.15, 0.2) is 34.4 Å². The Bertz CT molecular complexity index is 1090. The fourth-order valence-corrected chi connectivity index (χ4v) is 3.35. The Balaban J connectivity index is 1.79. The van der Waals surface area contributed by atoms with Crippen LogP contribution in [0.25, 0.3) is 4.96 Å². The lowest BCUT2D eigenvalue weighted by atomic mass is 10.2. The standard InChI is InChI=1S/C17H15N3O6S/c1-3-25-14-5-4-11(6-13(14)20(23)24)16(22)26-8-12-7-15(21)19-10(2)9-27-17(19)18-12/h4-7,9H,3,8H2,1-2H3. The van der Waals surface area contributed by atoms with Gasteiger partial charge >= 0.3 is 11.7 Å². The molecule has 10 heteroatoms. The van der Waals surface area contributed by atoms with Crippen molar-refractivity contribution in [1.82, 2.24) is 9.38 Å². The molecule has 9 nitrogen and oxygen atoms in total. The first-order valence-electron chi connectivity index (χ1n) is 7.96. The predicted octanol–water partition coefficient (Wildman–Crippen LogP) is 2.73. The summed E-state index contributed by atoms with van der Waals surface area (Å²) in [5, 5.41) is 12.9. The lowest BCUT2D eigenvalue weighted by Crippen LogP contribution is -2.16. The summed E-state index contributed by atoms with van der Waals surface area (Å²) in [7, 11) is 0. The van der Waals surface area contributed by atoms with Crippen LogP contribution in [0.1, 0.15) is 28.7 Å². The Hall–Kier alpha value is -3.27. The molecule has 0 spiro atoms. The molecule has 0 aliphatic carbocycles. The van der Waals surface area contributed by atoms with E-state index in [1.54, 1.807) is 19.2 Å². The van der Waals surface area contributed by atoms with Crippen LogP contribution in [-0.4, -0.2) is 26.9 Å². The highest BCUT2D eigenvalue weighted by molar-refractivity contribution is 7.15. The van der Waals surface area contributed by atoms with Crippen molar-refractivity contribution in [2.24, 2.45) is 0 Å². The van der Waals surface area contributed by atoms with Crippen molar-refractivity contribution in [1.29, 1.82) is 0 Å². The van der Waals surface area contributed by atoms with Crippen molar-refractivity contribution in [3.63, 3.8) is 0 Å². The number of fused-ring (bicyclic) bond motifs is 1. The number of aryl methyl sites for hydroxylation is 1. The van der Waals surface area contributed by atoms with E-state index in [4.69, 9.17) is 9.47 Å². The van der Waals surface area contributed by atoms with Gasteiger partial charge in [0.25, 0.3) is 5.56 Å². The maximum Gasteiger partial charge on any atom is 0.338 e. The number of nitrogens with zero attached hydrogens (tertiary/aromatic N) is 3. The number of benzene rings is 1. The Morgan fingerprint density at radius 1 is 1.37 bits per heavy atom. The highest BCUT2D eigenvalue weighted by Gasteiger charge is 2.19. The summed E-state index contributed by atoms with van der Waals surface area (Å²) in [4.78, 5) is 39.6. The second-order valence-corrected chi connectivity index (χ2v) is 6.37. The minimum atomic E-state index is -0.759. The molecule has 0 atom stereocenters. The van der Waals surface area contributed by atoms with Crippen LogP contribution in [0.4, 0.5) is 5.69 Å². The molecule has 0 N–H and O–H groups in total. The molecule has 0 aliphatic heterocycles. The third kappa shape index (κ3) is 3.80. The smallest absolute Gasteiger partial charge is 0.338 e. The molecule has 0 aliphatic rings. The highest BCUT2D eigenvalue weighted by Crippen LogP contribution is 2.28. The fourth-order valence-electron chi connectivity index (χ4n) is 2.46. The lowest BCUT2D eigenvalue weighted by molar-refractivity contribution is -0.385. The molecule has 27 heavy (non-hydrogen) atoms. The average molecular weight is 389 g/mol. The minimum absolute atomic E-state index is 0.00919. The van der Waals surface area contributed by atoms with E-state index < -0.39 is 10.9 Å². The number of carbonyl (C=O) groups is 1. The van der Waals surface area contributed by atoms with Gasteiger partial charge in [0.2, 0.25) is 0 Å². The second kappa shape index (κ2) is 7.54. The van der Waals surface area contributed by atoms with Gasteiger partial charge in [-0.3, -0.25) is 19.3 Å². The van der Waals surface area contributed by atoms with E-state index in [1.165, 1.54) is 33.9 Å². The van der Waals surface area contributed by atoms with Crippen LogP contribution in [0, 0.1) is 17.0 Å². The Kier molecular flexibility index (Phi) is 5.17. The molecule has 2 heterocycles. The number of hydrogen-bond acceptors (Lipinski definition) is 8. The minimum Gasteiger partial charge on any atom is -0.487 e. The van der Waals surface area contributed by atoms with Crippen LogP contribution >= 0.6 is 11.3 Å². The van der Waals surface area contributed by atoms with Crippen molar-refractivity contribution >= 4 is 28.0 Å². The maximum atomic E-state index is 12.2. The molecule has 0 saturated carbocycles. The second-order valence-electron chi connectivity index (χ2n) is 5.53. The van der Waals surface area contributed by atoms with Crippen LogP contribution in [0.3, 0.4) is 0 Å². The van der Waals surface area contributed by atoms with Gasteiger partial charge in [0.05, 0.1) is 22.8 Å². The van der Waals surface area contributed by atoms with E-state index in [-0.39, 0.29) is 35.8 Å². The summed E-state index contributed by atoms with van der Waals surface area (Å²) in [6, 6.07) is 5.12. The number of thiazole rings is 1. The van der Waals surface area contributed by atoms with Crippen LogP contribution in [-0.2, 0) is 11.3 Å². The number of hydrogen-bond donors (Lipinski definition) is 0. The van der Waals surface area contributed by atoms with E-state index >= 15 is 0 Å². The lowest BCUT2D eigenvalue weighted by Gasteiger charge is -2.07. The summed E-state index contributed by atoms with van der Waals surface area (Å²) in [5.74, 6) is -0.683. The first kappa shape index (κ1) is 18.5. The number of nitro benzene ring substituents is 1. The molecule has 140 valence electrons. The van der Waals surface area contributed by atoms with E-state index in [2.05, 4.69) is 4.98 Å². The van der Waals surface area contributed by atoms with Gasteiger partial charge in [0.1, 0.15) is 6.61 Å². The van der Waals surface area contributed by atoms with E-state index in [1.807, 2.05) is 0 Å². The normalized spacial score (nSPS) is 10.7. The highest BCUT2D eigenvalue weighted by atomic mass is 32.1. The summed E-state index contributed by atoms with van der Waals surface area (Å²) < 4.78 is 11.8. The van der Waals surface area contributed by atoms with Crippen LogP contribution in [0.2, 0.25) is 0 Å². The molecule has 0 radical (unpaired) electrons. The molecule has 0 amide bonds. The van der Waals surface area contributed by atoms with Gasteiger partial charge in [-0.15, -0.1) is 11.3 Å². The van der Waals surface area contributed by atoms with Crippen molar-refractivity contribution in [3.05, 3.63) is 67.1 Å². The average Bonchev–Trinajstić information content (AvgIpc) is 3.01. The largest absolute Gasteiger partial charge is 0.487 e. The van der Waals surface area contributed by atoms with Gasteiger partial charge in [-0.2, -0.15) is 0 Å². The number of ether oxygens (including phenoxy) is 2. The van der Waals surface area contributed by atoms with Gasteiger partial charge < -0.3 is 9.47 Å². The summed E-state index contributed by atoms with van der Waals surface area (Å²) in [5.41, 5.74) is 0.503. The van der Waals surface area contributed by atoms with Crippen molar-refractivity contribution in [3.8, 4) is 5.75 Å². The molecular weight excluding hydrogens is 374 g/mol. The van der Waals surface area contributed by atoms with Gasteiger partial charge in [-0.1, -0.05) is 0 Å². The fraction of sp³-hybridized carbons (Fsp3) is 0.235. The van der Waals surface area contributed by atoms with Gasteiger partial charge in [0, 0.05) is 23.2 Å². The van der Waals surface area contributed by atoms with E-state index in [0.29, 0.717) is 10.7 Å². The zero-order valence-electron chi connectivity index (χ0n) is 14.5. The molecule has 3 aromatic rings. The molecule has 1 aromatic carbocycles. The molecule has 0 fully saturated rings. The molecule has 2 aromatic heterocycles. The van der Waals surface area contributed by atoms with Crippen molar-refractivity contribution < 1.29 is 19.2 Å². The zero-order valence-corrected chi connectivity index (χ0v) is 15.3. The summed E-state index contributed by atoms with van der Waals surface area (Å²) >= 11 is 1.31. The number of aromatic nitrogens is 2. The maximum absolute atomic E-state index is 12.2. The zero-order chi connectivity index (χ0) is 19.6. The van der Waals surface area contributed by atoms with Crippen LogP contribution < -0.4 is 10.3 Å². The molecule has 3 rings (SSSR count). The Labute approximate surface area is 157 Å². The third-order valence-electron chi connectivity index (χ3n) is 3.67. The monoisotopic (exact) mass is 389 g/mol.